The van der Waals surface area contributed by atoms with E-state index in [4.69, 9.17) is 22.1 Å². The largest absolute Gasteiger partial charge is 0.456 e. The Morgan fingerprint density at radius 2 is 1.67 bits per heavy atom. The van der Waals surface area contributed by atoms with Gasteiger partial charge in [-0.05, 0) is 37.1 Å². The summed E-state index contributed by atoms with van der Waals surface area (Å²) in [5, 5.41) is 0.605. The molecule has 0 saturated carbocycles. The zero-order valence-electron chi connectivity index (χ0n) is 10.3. The van der Waals surface area contributed by atoms with E-state index in [9.17, 15) is 0 Å². The van der Waals surface area contributed by atoms with E-state index < -0.39 is 0 Å². The third-order valence-corrected chi connectivity index (χ3v) is 2.88. The number of ether oxygens (including phenoxy) is 1. The summed E-state index contributed by atoms with van der Waals surface area (Å²) < 4.78 is 5.85. The van der Waals surface area contributed by atoms with E-state index in [1.54, 1.807) is 0 Å². The van der Waals surface area contributed by atoms with Gasteiger partial charge in [-0.15, -0.1) is 0 Å². The lowest BCUT2D eigenvalue weighted by molar-refractivity contribution is 0.474. The zero-order chi connectivity index (χ0) is 13.0. The molecule has 0 fully saturated rings. The molecular weight excluding hydrogens is 246 g/mol. The van der Waals surface area contributed by atoms with Gasteiger partial charge in [0.1, 0.15) is 11.5 Å². The Labute approximate surface area is 112 Å². The summed E-state index contributed by atoms with van der Waals surface area (Å²) in [4.78, 5) is 0. The van der Waals surface area contributed by atoms with Crippen LogP contribution < -0.4 is 10.5 Å². The highest BCUT2D eigenvalue weighted by molar-refractivity contribution is 6.32. The second-order valence-electron chi connectivity index (χ2n) is 4.32. The fourth-order valence-electron chi connectivity index (χ4n) is 1.76. The van der Waals surface area contributed by atoms with Crippen molar-refractivity contribution in [3.05, 3.63) is 59.1 Å². The van der Waals surface area contributed by atoms with Gasteiger partial charge in [-0.2, -0.15) is 0 Å². The van der Waals surface area contributed by atoms with Crippen molar-refractivity contribution >= 4 is 11.6 Å². The van der Waals surface area contributed by atoms with Crippen LogP contribution in [0.15, 0.2) is 48.5 Å². The van der Waals surface area contributed by atoms with Crippen molar-refractivity contribution in [1.29, 1.82) is 0 Å². The standard InChI is InChI=1S/C15H16ClNO/c1-11(17)10-12-6-2-4-8-14(12)18-15-9-5-3-7-13(15)16/h2-9,11H,10,17H2,1H3. The first-order chi connectivity index (χ1) is 8.66. The van der Waals surface area contributed by atoms with E-state index in [0.29, 0.717) is 10.8 Å². The molecule has 0 bridgehead atoms. The number of hydrogen-bond donors (Lipinski definition) is 1. The Morgan fingerprint density at radius 1 is 1.06 bits per heavy atom. The summed E-state index contributed by atoms with van der Waals surface area (Å²) in [5.41, 5.74) is 6.93. The van der Waals surface area contributed by atoms with Gasteiger partial charge in [0.05, 0.1) is 5.02 Å². The molecule has 0 radical (unpaired) electrons. The summed E-state index contributed by atoms with van der Waals surface area (Å²) in [6.45, 7) is 1.98. The van der Waals surface area contributed by atoms with E-state index in [0.717, 1.165) is 17.7 Å². The minimum atomic E-state index is 0.0981. The normalized spacial score (nSPS) is 12.2. The first kappa shape index (κ1) is 12.9. The molecule has 18 heavy (non-hydrogen) atoms. The average Bonchev–Trinajstić information content (AvgIpc) is 2.34. The molecule has 0 aliphatic rings. The molecule has 94 valence electrons. The van der Waals surface area contributed by atoms with Gasteiger partial charge >= 0.3 is 0 Å². The van der Waals surface area contributed by atoms with Crippen molar-refractivity contribution < 1.29 is 4.74 Å². The molecule has 2 rings (SSSR count). The molecule has 3 heteroatoms. The maximum atomic E-state index is 6.08. The van der Waals surface area contributed by atoms with Crippen molar-refractivity contribution in [3.8, 4) is 11.5 Å². The van der Waals surface area contributed by atoms with Gasteiger partial charge in [-0.25, -0.2) is 0 Å². The van der Waals surface area contributed by atoms with Gasteiger partial charge in [0.15, 0.2) is 0 Å². The van der Waals surface area contributed by atoms with Gasteiger partial charge < -0.3 is 10.5 Å². The third-order valence-electron chi connectivity index (χ3n) is 2.57. The van der Waals surface area contributed by atoms with Crippen molar-refractivity contribution in [2.45, 2.75) is 19.4 Å². The fourth-order valence-corrected chi connectivity index (χ4v) is 1.94. The quantitative estimate of drug-likeness (QED) is 0.902. The molecule has 0 saturated heterocycles. The van der Waals surface area contributed by atoms with E-state index in [2.05, 4.69) is 0 Å². The lowest BCUT2D eigenvalue weighted by Gasteiger charge is -2.13. The zero-order valence-corrected chi connectivity index (χ0v) is 11.0. The van der Waals surface area contributed by atoms with Crippen LogP contribution in [0.5, 0.6) is 11.5 Å². The maximum Gasteiger partial charge on any atom is 0.146 e. The predicted molar refractivity (Wildman–Crippen MR) is 75.3 cm³/mol. The van der Waals surface area contributed by atoms with Gasteiger partial charge in [0.25, 0.3) is 0 Å². The van der Waals surface area contributed by atoms with Crippen molar-refractivity contribution in [3.63, 3.8) is 0 Å². The van der Waals surface area contributed by atoms with E-state index in [1.807, 2.05) is 55.5 Å². The number of benzene rings is 2. The topological polar surface area (TPSA) is 35.2 Å². The van der Waals surface area contributed by atoms with Crippen LogP contribution >= 0.6 is 11.6 Å². The van der Waals surface area contributed by atoms with Crippen molar-refractivity contribution in [2.75, 3.05) is 0 Å². The molecule has 0 amide bonds. The van der Waals surface area contributed by atoms with Crippen LogP contribution in [0.4, 0.5) is 0 Å². The summed E-state index contributed by atoms with van der Waals surface area (Å²) in [5.74, 6) is 1.47. The van der Waals surface area contributed by atoms with E-state index in [-0.39, 0.29) is 6.04 Å². The average molecular weight is 262 g/mol. The van der Waals surface area contributed by atoms with Gasteiger partial charge in [0, 0.05) is 6.04 Å². The highest BCUT2D eigenvalue weighted by Gasteiger charge is 2.08. The van der Waals surface area contributed by atoms with Gasteiger partial charge in [-0.3, -0.25) is 0 Å². The van der Waals surface area contributed by atoms with Crippen LogP contribution in [0.1, 0.15) is 12.5 Å². The van der Waals surface area contributed by atoms with Crippen LogP contribution in [0.3, 0.4) is 0 Å². The number of nitrogens with two attached hydrogens (primary N) is 1. The molecule has 0 aromatic heterocycles. The predicted octanol–water partition coefficient (Wildman–Crippen LogP) is 4.02. The first-order valence-electron chi connectivity index (χ1n) is 5.92. The molecule has 0 heterocycles. The summed E-state index contributed by atoms with van der Waals surface area (Å²) in [6, 6.07) is 15.4. The lowest BCUT2D eigenvalue weighted by atomic mass is 10.1. The van der Waals surface area contributed by atoms with Gasteiger partial charge in [-0.1, -0.05) is 41.9 Å². The Balaban J connectivity index is 2.26. The number of hydrogen-bond acceptors (Lipinski definition) is 2. The Morgan fingerprint density at radius 3 is 2.33 bits per heavy atom. The minimum Gasteiger partial charge on any atom is -0.456 e. The van der Waals surface area contributed by atoms with Crippen LogP contribution in [0, 0.1) is 0 Å². The minimum absolute atomic E-state index is 0.0981. The highest BCUT2D eigenvalue weighted by Crippen LogP contribution is 2.31. The molecule has 0 spiro atoms. The Hall–Kier alpha value is -1.51. The molecule has 2 N–H and O–H groups in total. The monoisotopic (exact) mass is 261 g/mol. The van der Waals surface area contributed by atoms with E-state index >= 15 is 0 Å². The highest BCUT2D eigenvalue weighted by atomic mass is 35.5. The number of halogens is 1. The van der Waals surface area contributed by atoms with Crippen molar-refractivity contribution in [1.82, 2.24) is 0 Å². The molecular formula is C15H16ClNO. The van der Waals surface area contributed by atoms with Crippen LogP contribution in [0.25, 0.3) is 0 Å². The smallest absolute Gasteiger partial charge is 0.146 e. The molecule has 2 nitrogen and oxygen atoms in total. The van der Waals surface area contributed by atoms with E-state index in [1.165, 1.54) is 0 Å². The molecule has 2 aromatic rings. The second kappa shape index (κ2) is 5.89. The van der Waals surface area contributed by atoms with Crippen LogP contribution in [-0.2, 0) is 6.42 Å². The summed E-state index contributed by atoms with van der Waals surface area (Å²) in [7, 11) is 0. The fraction of sp³-hybridized carbons (Fsp3) is 0.200. The lowest BCUT2D eigenvalue weighted by Crippen LogP contribution is -2.18. The Bertz CT molecular complexity index is 525. The molecule has 0 aliphatic carbocycles. The third kappa shape index (κ3) is 3.25. The summed E-state index contributed by atoms with van der Waals surface area (Å²) >= 11 is 6.08. The second-order valence-corrected chi connectivity index (χ2v) is 4.73. The van der Waals surface area contributed by atoms with Gasteiger partial charge in [0.2, 0.25) is 0 Å². The van der Waals surface area contributed by atoms with Crippen LogP contribution in [-0.4, -0.2) is 6.04 Å². The molecule has 1 unspecified atom stereocenters. The number of para-hydroxylation sites is 2. The molecule has 2 aromatic carbocycles. The van der Waals surface area contributed by atoms with Crippen molar-refractivity contribution in [2.24, 2.45) is 5.73 Å². The molecule has 1 atom stereocenters. The first-order valence-corrected chi connectivity index (χ1v) is 6.30. The molecule has 0 aliphatic heterocycles. The maximum absolute atomic E-state index is 6.08. The Kier molecular flexibility index (Phi) is 4.24. The van der Waals surface area contributed by atoms with Crippen LogP contribution in [0.2, 0.25) is 5.02 Å². The summed E-state index contributed by atoms with van der Waals surface area (Å²) in [6.07, 6.45) is 0.778. The number of rotatable bonds is 4. The SMILES string of the molecule is CC(N)Cc1ccccc1Oc1ccccc1Cl.